The van der Waals surface area contributed by atoms with Crippen molar-refractivity contribution in [1.82, 2.24) is 14.9 Å². The Morgan fingerprint density at radius 1 is 1.10 bits per heavy atom. The molecule has 3 rings (SSSR count). The van der Waals surface area contributed by atoms with E-state index in [1.807, 2.05) is 51.2 Å². The van der Waals surface area contributed by atoms with Gasteiger partial charge in [-0.1, -0.05) is 30.3 Å². The van der Waals surface area contributed by atoms with Crippen LogP contribution in [0.3, 0.4) is 0 Å². The fourth-order valence-corrected chi connectivity index (χ4v) is 2.40. The second-order valence-electron chi connectivity index (χ2n) is 5.87. The lowest BCUT2D eigenvalue weighted by atomic mass is 10.1. The summed E-state index contributed by atoms with van der Waals surface area (Å²) in [5, 5.41) is 0. The molecule has 2 heterocycles. The summed E-state index contributed by atoms with van der Waals surface area (Å²) in [5.41, 5.74) is 1.62. The Labute approximate surface area is 124 Å². The van der Waals surface area contributed by atoms with Gasteiger partial charge in [0, 0.05) is 12.6 Å². The summed E-state index contributed by atoms with van der Waals surface area (Å²) in [6, 6.07) is 9.83. The van der Waals surface area contributed by atoms with Crippen molar-refractivity contribution in [2.75, 3.05) is 18.5 Å². The highest BCUT2D eigenvalue weighted by atomic mass is 16.2. The van der Waals surface area contributed by atoms with E-state index in [4.69, 9.17) is 0 Å². The van der Waals surface area contributed by atoms with Gasteiger partial charge in [-0.25, -0.2) is 9.78 Å². The van der Waals surface area contributed by atoms with Gasteiger partial charge in [0.25, 0.3) is 0 Å². The molecule has 0 spiro atoms. The lowest BCUT2D eigenvalue weighted by Crippen LogP contribution is -2.38. The molecule has 0 bridgehead atoms. The Hall–Kier alpha value is -2.43. The van der Waals surface area contributed by atoms with E-state index in [2.05, 4.69) is 9.97 Å². The maximum atomic E-state index is 12.3. The van der Waals surface area contributed by atoms with Crippen molar-refractivity contribution in [3.05, 3.63) is 42.7 Å². The second-order valence-corrected chi connectivity index (χ2v) is 5.87. The molecular formula is C16H18N4O. The van der Waals surface area contributed by atoms with Gasteiger partial charge in [0.15, 0.2) is 5.82 Å². The molecule has 0 saturated carbocycles. The Kier molecular flexibility index (Phi) is 3.12. The quantitative estimate of drug-likeness (QED) is 0.851. The predicted octanol–water partition coefficient (Wildman–Crippen LogP) is 2.79. The molecule has 5 nitrogen and oxygen atoms in total. The minimum atomic E-state index is -0.198. The van der Waals surface area contributed by atoms with Gasteiger partial charge in [-0.3, -0.25) is 9.88 Å². The van der Waals surface area contributed by atoms with Crippen molar-refractivity contribution in [2.45, 2.75) is 19.4 Å². The molecule has 0 aliphatic carbocycles. The Morgan fingerprint density at radius 3 is 2.33 bits per heavy atom. The van der Waals surface area contributed by atoms with Crippen LogP contribution >= 0.6 is 0 Å². The Bertz CT molecular complexity index is 652. The van der Waals surface area contributed by atoms with Gasteiger partial charge in [-0.2, -0.15) is 0 Å². The van der Waals surface area contributed by atoms with Crippen LogP contribution in [0.25, 0.3) is 11.3 Å². The molecule has 108 valence electrons. The zero-order valence-corrected chi connectivity index (χ0v) is 12.4. The first kappa shape index (κ1) is 13.5. The summed E-state index contributed by atoms with van der Waals surface area (Å²) >= 11 is 0. The van der Waals surface area contributed by atoms with Crippen LogP contribution in [0.2, 0.25) is 0 Å². The molecule has 1 aliphatic heterocycles. The first-order valence-corrected chi connectivity index (χ1v) is 6.92. The molecule has 5 heteroatoms. The zero-order chi connectivity index (χ0) is 15.0. The van der Waals surface area contributed by atoms with Crippen molar-refractivity contribution in [3.8, 4) is 11.3 Å². The number of likely N-dealkylation sites (N-methyl/N-ethyl adjacent to an activating group) is 1. The molecule has 1 aliphatic rings. The van der Waals surface area contributed by atoms with Crippen LogP contribution in [-0.2, 0) is 0 Å². The lowest BCUT2D eigenvalue weighted by molar-refractivity contribution is 0.198. The molecule has 1 aromatic carbocycles. The molecule has 21 heavy (non-hydrogen) atoms. The smallest absolute Gasteiger partial charge is 0.320 e. The summed E-state index contributed by atoms with van der Waals surface area (Å²) in [6.45, 7) is 4.69. The average Bonchev–Trinajstić information content (AvgIpc) is 2.72. The molecule has 0 atom stereocenters. The van der Waals surface area contributed by atoms with E-state index in [1.54, 1.807) is 22.2 Å². The van der Waals surface area contributed by atoms with Gasteiger partial charge in [0.2, 0.25) is 0 Å². The molecule has 1 fully saturated rings. The molecule has 0 radical (unpaired) electrons. The first-order valence-electron chi connectivity index (χ1n) is 6.92. The van der Waals surface area contributed by atoms with Crippen molar-refractivity contribution in [2.24, 2.45) is 0 Å². The molecule has 1 saturated heterocycles. The van der Waals surface area contributed by atoms with Crippen molar-refractivity contribution < 1.29 is 4.79 Å². The summed E-state index contributed by atoms with van der Waals surface area (Å²) in [5.74, 6) is 0.595. The van der Waals surface area contributed by atoms with Gasteiger partial charge < -0.3 is 4.90 Å². The van der Waals surface area contributed by atoms with E-state index >= 15 is 0 Å². The Balaban J connectivity index is 1.87. The van der Waals surface area contributed by atoms with Crippen LogP contribution in [-0.4, -0.2) is 40.0 Å². The standard InChI is InChI=1S/C16H18N4O/c1-16(2)11-20(15(21)19(16)3)14-10-17-13(9-18-14)12-7-5-4-6-8-12/h4-10H,11H2,1-3H3. The van der Waals surface area contributed by atoms with Crippen LogP contribution in [0.1, 0.15) is 13.8 Å². The topological polar surface area (TPSA) is 49.3 Å². The van der Waals surface area contributed by atoms with E-state index < -0.39 is 0 Å². The first-order chi connectivity index (χ1) is 9.99. The summed E-state index contributed by atoms with van der Waals surface area (Å²) in [6.07, 6.45) is 3.37. The zero-order valence-electron chi connectivity index (χ0n) is 12.4. The highest BCUT2D eigenvalue weighted by Crippen LogP contribution is 2.28. The third-order valence-electron chi connectivity index (χ3n) is 3.96. The van der Waals surface area contributed by atoms with Gasteiger partial charge in [-0.05, 0) is 13.8 Å². The van der Waals surface area contributed by atoms with Crippen LogP contribution in [0, 0.1) is 0 Å². The van der Waals surface area contributed by atoms with E-state index in [-0.39, 0.29) is 11.6 Å². The summed E-state index contributed by atoms with van der Waals surface area (Å²) in [4.78, 5) is 24.5. The van der Waals surface area contributed by atoms with Crippen LogP contribution < -0.4 is 4.90 Å². The SMILES string of the molecule is CN1C(=O)N(c2cnc(-c3ccccc3)cn2)CC1(C)C. The number of amides is 2. The van der Waals surface area contributed by atoms with E-state index in [9.17, 15) is 4.79 Å². The number of nitrogens with zero attached hydrogens (tertiary/aromatic N) is 4. The van der Waals surface area contributed by atoms with Gasteiger partial charge in [0.1, 0.15) is 0 Å². The molecule has 0 N–H and O–H groups in total. The number of benzene rings is 1. The third kappa shape index (κ3) is 2.35. The number of carbonyl (C=O) groups is 1. The number of rotatable bonds is 2. The largest absolute Gasteiger partial charge is 0.326 e. The number of urea groups is 1. The summed E-state index contributed by atoms with van der Waals surface area (Å²) in [7, 11) is 1.81. The van der Waals surface area contributed by atoms with Gasteiger partial charge in [0.05, 0.1) is 30.2 Å². The minimum absolute atomic E-state index is 0.0400. The average molecular weight is 282 g/mol. The lowest BCUT2D eigenvalue weighted by Gasteiger charge is -2.24. The van der Waals surface area contributed by atoms with E-state index in [1.165, 1.54) is 0 Å². The van der Waals surface area contributed by atoms with Gasteiger partial charge >= 0.3 is 6.03 Å². The highest BCUT2D eigenvalue weighted by molar-refractivity contribution is 5.94. The van der Waals surface area contributed by atoms with Crippen molar-refractivity contribution in [1.29, 1.82) is 0 Å². The molecule has 1 aromatic heterocycles. The van der Waals surface area contributed by atoms with E-state index in [0.717, 1.165) is 11.3 Å². The molecular weight excluding hydrogens is 264 g/mol. The third-order valence-corrected chi connectivity index (χ3v) is 3.96. The number of anilines is 1. The number of hydrogen-bond donors (Lipinski definition) is 0. The Morgan fingerprint density at radius 2 is 1.81 bits per heavy atom. The maximum Gasteiger partial charge on any atom is 0.326 e. The van der Waals surface area contributed by atoms with Crippen LogP contribution in [0.5, 0.6) is 0 Å². The number of hydrogen-bond acceptors (Lipinski definition) is 3. The fraction of sp³-hybridized carbons (Fsp3) is 0.312. The normalized spacial score (nSPS) is 17.4. The van der Waals surface area contributed by atoms with Crippen LogP contribution in [0.15, 0.2) is 42.7 Å². The number of carbonyl (C=O) groups excluding carboxylic acids is 1. The second kappa shape index (κ2) is 4.84. The highest BCUT2D eigenvalue weighted by Gasteiger charge is 2.41. The number of aromatic nitrogens is 2. The summed E-state index contributed by atoms with van der Waals surface area (Å²) < 4.78 is 0. The molecule has 0 unspecified atom stereocenters. The molecule has 2 aromatic rings. The van der Waals surface area contributed by atoms with Gasteiger partial charge in [-0.15, -0.1) is 0 Å². The van der Waals surface area contributed by atoms with Crippen molar-refractivity contribution in [3.63, 3.8) is 0 Å². The van der Waals surface area contributed by atoms with Crippen molar-refractivity contribution >= 4 is 11.8 Å². The minimum Gasteiger partial charge on any atom is -0.320 e. The predicted molar refractivity (Wildman–Crippen MR) is 82.1 cm³/mol. The van der Waals surface area contributed by atoms with E-state index in [0.29, 0.717) is 12.4 Å². The van der Waals surface area contributed by atoms with Crippen LogP contribution in [0.4, 0.5) is 10.6 Å². The monoisotopic (exact) mass is 282 g/mol. The molecule has 2 amide bonds. The fourth-order valence-electron chi connectivity index (χ4n) is 2.40. The maximum absolute atomic E-state index is 12.3.